The standard InChI is InChI=1S/C34H27FN2O4/c1-23-32(28-14-5-6-15-30(28)39-21-25-9-3-2-4-10-25)29(18-17-24-11-7-13-27(35)19-24)34(38)37(36-23)20-26-12-8-16-31-33(26)41-22-40-31/h2-19H,20-22H2,1H3. The number of halogens is 1. The zero-order chi connectivity index (χ0) is 28.2. The average Bonchev–Trinajstić information content (AvgIpc) is 3.48. The fraction of sp³-hybridized carbons (Fsp3) is 0.118. The van der Waals surface area contributed by atoms with E-state index in [0.29, 0.717) is 46.2 Å². The van der Waals surface area contributed by atoms with Gasteiger partial charge in [0, 0.05) is 16.7 Å². The Balaban J connectivity index is 1.46. The van der Waals surface area contributed by atoms with Gasteiger partial charge in [0.2, 0.25) is 6.79 Å². The number of hydrogen-bond acceptors (Lipinski definition) is 5. The molecule has 6 rings (SSSR count). The lowest BCUT2D eigenvalue weighted by molar-refractivity contribution is 0.173. The molecule has 0 saturated heterocycles. The van der Waals surface area contributed by atoms with Crippen LogP contribution in [0, 0.1) is 12.7 Å². The molecule has 7 heteroatoms. The van der Waals surface area contributed by atoms with Crippen molar-refractivity contribution < 1.29 is 18.6 Å². The van der Waals surface area contributed by atoms with Gasteiger partial charge in [0.05, 0.1) is 17.8 Å². The molecule has 0 bridgehead atoms. The van der Waals surface area contributed by atoms with Gasteiger partial charge in [-0.1, -0.05) is 78.9 Å². The highest BCUT2D eigenvalue weighted by Crippen LogP contribution is 2.37. The summed E-state index contributed by atoms with van der Waals surface area (Å²) in [4.78, 5) is 14.1. The van der Waals surface area contributed by atoms with E-state index in [1.54, 1.807) is 24.3 Å². The van der Waals surface area contributed by atoms with Crippen molar-refractivity contribution in [1.29, 1.82) is 0 Å². The molecule has 4 aromatic carbocycles. The monoisotopic (exact) mass is 546 g/mol. The van der Waals surface area contributed by atoms with Gasteiger partial charge in [0.15, 0.2) is 11.5 Å². The second-order valence-corrected chi connectivity index (χ2v) is 9.65. The van der Waals surface area contributed by atoms with Crippen LogP contribution in [0.5, 0.6) is 17.2 Å². The fourth-order valence-corrected chi connectivity index (χ4v) is 4.92. The summed E-state index contributed by atoms with van der Waals surface area (Å²) in [5, 5.41) is 4.72. The SMILES string of the molecule is Cc1nn(Cc2cccc3c2OCO3)c(=O)c(C=Cc2cccc(F)c2)c1-c1ccccc1OCc1ccccc1. The number of ether oxygens (including phenoxy) is 3. The number of aromatic nitrogens is 2. The van der Waals surface area contributed by atoms with Crippen LogP contribution >= 0.6 is 0 Å². The smallest absolute Gasteiger partial charge is 0.274 e. The average molecular weight is 547 g/mol. The summed E-state index contributed by atoms with van der Waals surface area (Å²) in [5.74, 6) is 1.53. The maximum Gasteiger partial charge on any atom is 0.274 e. The molecule has 0 atom stereocenters. The second kappa shape index (κ2) is 11.5. The number of hydrogen-bond donors (Lipinski definition) is 0. The highest BCUT2D eigenvalue weighted by Gasteiger charge is 2.21. The van der Waals surface area contributed by atoms with Crippen LogP contribution in [0.2, 0.25) is 0 Å². The molecule has 0 saturated carbocycles. The summed E-state index contributed by atoms with van der Waals surface area (Å²) in [6.45, 7) is 2.57. The Morgan fingerprint density at radius 2 is 1.73 bits per heavy atom. The van der Waals surface area contributed by atoms with Crippen LogP contribution in [0.3, 0.4) is 0 Å². The molecule has 1 aliphatic heterocycles. The minimum atomic E-state index is -0.351. The van der Waals surface area contributed by atoms with Crippen molar-refractivity contribution in [3.63, 3.8) is 0 Å². The van der Waals surface area contributed by atoms with E-state index in [1.807, 2.05) is 79.7 Å². The van der Waals surface area contributed by atoms with E-state index in [9.17, 15) is 9.18 Å². The minimum absolute atomic E-state index is 0.133. The van der Waals surface area contributed by atoms with Crippen LogP contribution in [0.25, 0.3) is 23.3 Å². The van der Waals surface area contributed by atoms with E-state index >= 15 is 0 Å². The molecule has 0 N–H and O–H groups in total. The van der Waals surface area contributed by atoms with Crippen molar-refractivity contribution in [2.75, 3.05) is 6.79 Å². The van der Waals surface area contributed by atoms with E-state index in [4.69, 9.17) is 19.3 Å². The normalized spacial score (nSPS) is 12.1. The molecule has 0 aliphatic carbocycles. The molecule has 2 heterocycles. The molecule has 204 valence electrons. The highest BCUT2D eigenvalue weighted by atomic mass is 19.1. The zero-order valence-corrected chi connectivity index (χ0v) is 22.4. The molecule has 5 aromatic rings. The lowest BCUT2D eigenvalue weighted by Crippen LogP contribution is -2.27. The Bertz CT molecular complexity index is 1800. The van der Waals surface area contributed by atoms with Crippen LogP contribution in [0.15, 0.2) is 102 Å². The maximum absolute atomic E-state index is 14.1. The highest BCUT2D eigenvalue weighted by molar-refractivity contribution is 5.84. The Hall–Kier alpha value is -5.17. The van der Waals surface area contributed by atoms with Gasteiger partial charge in [-0.3, -0.25) is 4.79 Å². The van der Waals surface area contributed by atoms with Crippen molar-refractivity contribution in [3.8, 4) is 28.4 Å². The predicted octanol–water partition coefficient (Wildman–Crippen LogP) is 6.88. The number of nitrogens with zero attached hydrogens (tertiary/aromatic N) is 2. The van der Waals surface area contributed by atoms with E-state index in [0.717, 1.165) is 16.7 Å². The van der Waals surface area contributed by atoms with Crippen molar-refractivity contribution in [2.45, 2.75) is 20.1 Å². The first kappa shape index (κ1) is 26.1. The van der Waals surface area contributed by atoms with Gasteiger partial charge in [-0.05, 0) is 48.4 Å². The van der Waals surface area contributed by atoms with Crippen LogP contribution in [-0.4, -0.2) is 16.6 Å². The van der Waals surface area contributed by atoms with Gasteiger partial charge in [-0.15, -0.1) is 0 Å². The number of fused-ring (bicyclic) bond motifs is 1. The molecule has 0 spiro atoms. The van der Waals surface area contributed by atoms with E-state index < -0.39 is 0 Å². The third-order valence-corrected chi connectivity index (χ3v) is 6.85. The number of rotatable bonds is 8. The molecular weight excluding hydrogens is 519 g/mol. The molecule has 41 heavy (non-hydrogen) atoms. The summed E-state index contributed by atoms with van der Waals surface area (Å²) < 4.78 is 32.8. The largest absolute Gasteiger partial charge is 0.488 e. The van der Waals surface area contributed by atoms with Gasteiger partial charge in [-0.25, -0.2) is 9.07 Å². The molecule has 1 aromatic heterocycles. The van der Waals surface area contributed by atoms with E-state index in [2.05, 4.69) is 0 Å². The van der Waals surface area contributed by atoms with Crippen molar-refractivity contribution >= 4 is 12.2 Å². The van der Waals surface area contributed by atoms with Gasteiger partial charge >= 0.3 is 0 Å². The molecule has 1 aliphatic rings. The molecule has 0 unspecified atom stereocenters. The Morgan fingerprint density at radius 1 is 0.927 bits per heavy atom. The van der Waals surface area contributed by atoms with Crippen LogP contribution < -0.4 is 19.8 Å². The molecule has 0 radical (unpaired) electrons. The van der Waals surface area contributed by atoms with Gasteiger partial charge in [0.25, 0.3) is 5.56 Å². The maximum atomic E-state index is 14.1. The number of aryl methyl sites for hydroxylation is 1. The molecule has 0 fully saturated rings. The molecular formula is C34H27FN2O4. The summed E-state index contributed by atoms with van der Waals surface area (Å²) in [7, 11) is 0. The van der Waals surface area contributed by atoms with E-state index in [1.165, 1.54) is 16.8 Å². The minimum Gasteiger partial charge on any atom is -0.488 e. The quantitative estimate of drug-likeness (QED) is 0.212. The van der Waals surface area contributed by atoms with Gasteiger partial charge < -0.3 is 14.2 Å². The Morgan fingerprint density at radius 3 is 2.59 bits per heavy atom. The summed E-state index contributed by atoms with van der Waals surface area (Å²) in [6, 6.07) is 29.3. The van der Waals surface area contributed by atoms with Crippen molar-refractivity contribution in [1.82, 2.24) is 9.78 Å². The van der Waals surface area contributed by atoms with Gasteiger partial charge in [-0.2, -0.15) is 5.10 Å². The number of para-hydroxylation sites is 2. The zero-order valence-electron chi connectivity index (χ0n) is 22.4. The van der Waals surface area contributed by atoms with Crippen molar-refractivity contribution in [2.24, 2.45) is 0 Å². The third kappa shape index (κ3) is 5.61. The first-order valence-electron chi connectivity index (χ1n) is 13.3. The lowest BCUT2D eigenvalue weighted by atomic mass is 9.97. The molecule has 0 amide bonds. The van der Waals surface area contributed by atoms with Crippen LogP contribution in [0.1, 0.15) is 27.9 Å². The third-order valence-electron chi connectivity index (χ3n) is 6.85. The predicted molar refractivity (Wildman–Crippen MR) is 156 cm³/mol. The van der Waals surface area contributed by atoms with Crippen molar-refractivity contribution in [3.05, 3.63) is 141 Å². The number of benzene rings is 4. The second-order valence-electron chi connectivity index (χ2n) is 9.65. The van der Waals surface area contributed by atoms with E-state index in [-0.39, 0.29) is 24.7 Å². The fourth-order valence-electron chi connectivity index (χ4n) is 4.92. The summed E-state index contributed by atoms with van der Waals surface area (Å²) >= 11 is 0. The summed E-state index contributed by atoms with van der Waals surface area (Å²) in [6.07, 6.45) is 3.46. The van der Waals surface area contributed by atoms with Crippen LogP contribution in [0.4, 0.5) is 4.39 Å². The lowest BCUT2D eigenvalue weighted by Gasteiger charge is -2.17. The Kier molecular flexibility index (Phi) is 7.32. The topological polar surface area (TPSA) is 62.6 Å². The van der Waals surface area contributed by atoms with Gasteiger partial charge in [0.1, 0.15) is 18.2 Å². The first-order chi connectivity index (χ1) is 20.1. The molecule has 6 nitrogen and oxygen atoms in total. The summed E-state index contributed by atoms with van der Waals surface area (Å²) in [5.41, 5.74) is 4.61. The Labute approximate surface area is 236 Å². The first-order valence-corrected chi connectivity index (χ1v) is 13.3. The van der Waals surface area contributed by atoms with Crippen LogP contribution in [-0.2, 0) is 13.2 Å².